The lowest BCUT2D eigenvalue weighted by molar-refractivity contribution is 0.239. The smallest absolute Gasteiger partial charge is 0.124 e. The van der Waals surface area contributed by atoms with Gasteiger partial charge in [0, 0.05) is 12.1 Å². The molecule has 0 unspecified atom stereocenters. The Balaban J connectivity index is 0.00000225. The SMILES string of the molecule is C#CCNCc1ccccc1OC(C)C.Cl. The minimum atomic E-state index is 0. The molecular weight excluding hydrogens is 222 g/mol. The van der Waals surface area contributed by atoms with Gasteiger partial charge in [0.2, 0.25) is 0 Å². The second-order valence-electron chi connectivity index (χ2n) is 3.58. The highest BCUT2D eigenvalue weighted by Gasteiger charge is 2.03. The van der Waals surface area contributed by atoms with Crippen molar-refractivity contribution in [1.82, 2.24) is 5.32 Å². The first kappa shape index (κ1) is 14.8. The van der Waals surface area contributed by atoms with E-state index >= 15 is 0 Å². The van der Waals surface area contributed by atoms with Gasteiger partial charge in [-0.3, -0.25) is 0 Å². The van der Waals surface area contributed by atoms with E-state index in [0.29, 0.717) is 6.54 Å². The third-order valence-corrected chi connectivity index (χ3v) is 1.88. The Morgan fingerprint density at radius 2 is 2.06 bits per heavy atom. The summed E-state index contributed by atoms with van der Waals surface area (Å²) in [7, 11) is 0. The van der Waals surface area contributed by atoms with E-state index in [4.69, 9.17) is 11.2 Å². The monoisotopic (exact) mass is 239 g/mol. The largest absolute Gasteiger partial charge is 0.491 e. The van der Waals surface area contributed by atoms with Gasteiger partial charge in [0.1, 0.15) is 5.75 Å². The number of nitrogens with one attached hydrogen (secondary N) is 1. The Morgan fingerprint density at radius 1 is 1.38 bits per heavy atom. The zero-order valence-electron chi connectivity index (χ0n) is 9.69. The molecule has 0 aliphatic heterocycles. The summed E-state index contributed by atoms with van der Waals surface area (Å²) in [5.41, 5.74) is 1.14. The summed E-state index contributed by atoms with van der Waals surface area (Å²) < 4.78 is 5.68. The van der Waals surface area contributed by atoms with E-state index in [1.54, 1.807) is 0 Å². The van der Waals surface area contributed by atoms with Crippen molar-refractivity contribution in [2.24, 2.45) is 0 Å². The van der Waals surface area contributed by atoms with E-state index in [1.807, 2.05) is 38.1 Å². The minimum Gasteiger partial charge on any atom is -0.491 e. The molecule has 0 bridgehead atoms. The second kappa shape index (κ2) is 8.04. The maximum absolute atomic E-state index is 5.68. The fourth-order valence-electron chi connectivity index (χ4n) is 1.29. The van der Waals surface area contributed by atoms with Gasteiger partial charge in [0.05, 0.1) is 12.6 Å². The summed E-state index contributed by atoms with van der Waals surface area (Å²) in [6.45, 7) is 5.36. The molecule has 0 saturated heterocycles. The maximum atomic E-state index is 5.68. The summed E-state index contributed by atoms with van der Waals surface area (Å²) in [5.74, 6) is 3.47. The molecule has 88 valence electrons. The lowest BCUT2D eigenvalue weighted by Crippen LogP contribution is -2.15. The molecule has 2 nitrogen and oxygen atoms in total. The van der Waals surface area contributed by atoms with Crippen molar-refractivity contribution in [2.45, 2.75) is 26.5 Å². The number of rotatable bonds is 5. The summed E-state index contributed by atoms with van der Waals surface area (Å²) in [6, 6.07) is 8.00. The summed E-state index contributed by atoms with van der Waals surface area (Å²) in [6.07, 6.45) is 5.36. The Hall–Kier alpha value is -1.17. The van der Waals surface area contributed by atoms with E-state index < -0.39 is 0 Å². The van der Waals surface area contributed by atoms with Crippen LogP contribution < -0.4 is 10.1 Å². The predicted octanol–water partition coefficient (Wildman–Crippen LogP) is 2.62. The first-order valence-corrected chi connectivity index (χ1v) is 5.12. The number of hydrogen-bond donors (Lipinski definition) is 1. The van der Waals surface area contributed by atoms with Gasteiger partial charge in [-0.2, -0.15) is 0 Å². The van der Waals surface area contributed by atoms with E-state index in [0.717, 1.165) is 17.9 Å². The molecule has 3 heteroatoms. The van der Waals surface area contributed by atoms with Crippen molar-refractivity contribution in [2.75, 3.05) is 6.54 Å². The van der Waals surface area contributed by atoms with Crippen LogP contribution >= 0.6 is 12.4 Å². The topological polar surface area (TPSA) is 21.3 Å². The fraction of sp³-hybridized carbons (Fsp3) is 0.385. The highest BCUT2D eigenvalue weighted by Crippen LogP contribution is 2.18. The molecule has 0 fully saturated rings. The molecule has 1 aromatic rings. The van der Waals surface area contributed by atoms with Crippen molar-refractivity contribution >= 4 is 12.4 Å². The summed E-state index contributed by atoms with van der Waals surface area (Å²) in [5, 5.41) is 3.15. The number of ether oxygens (including phenoxy) is 1. The van der Waals surface area contributed by atoms with Gasteiger partial charge < -0.3 is 10.1 Å². The van der Waals surface area contributed by atoms with Crippen LogP contribution in [0.3, 0.4) is 0 Å². The van der Waals surface area contributed by atoms with Gasteiger partial charge in [-0.05, 0) is 19.9 Å². The molecule has 0 atom stereocenters. The van der Waals surface area contributed by atoms with Gasteiger partial charge in [0.15, 0.2) is 0 Å². The van der Waals surface area contributed by atoms with E-state index in [2.05, 4.69) is 11.2 Å². The molecule has 1 aromatic carbocycles. The van der Waals surface area contributed by atoms with Gasteiger partial charge in [-0.1, -0.05) is 24.1 Å². The number of hydrogen-bond acceptors (Lipinski definition) is 2. The molecule has 0 spiro atoms. The standard InChI is InChI=1S/C13H17NO.ClH/c1-4-9-14-10-12-7-5-6-8-13(12)15-11(2)3;/h1,5-8,11,14H,9-10H2,2-3H3;1H. The van der Waals surface area contributed by atoms with E-state index in [1.165, 1.54) is 0 Å². The number of terminal acetylenes is 1. The van der Waals surface area contributed by atoms with Crippen LogP contribution in [0.4, 0.5) is 0 Å². The molecule has 1 N–H and O–H groups in total. The first-order chi connectivity index (χ1) is 7.24. The first-order valence-electron chi connectivity index (χ1n) is 5.12. The van der Waals surface area contributed by atoms with E-state index in [-0.39, 0.29) is 18.5 Å². The summed E-state index contributed by atoms with van der Waals surface area (Å²) >= 11 is 0. The molecule has 0 amide bonds. The average Bonchev–Trinajstić information content (AvgIpc) is 2.20. The highest BCUT2D eigenvalue weighted by atomic mass is 35.5. The van der Waals surface area contributed by atoms with Gasteiger partial charge in [-0.15, -0.1) is 18.8 Å². The lowest BCUT2D eigenvalue weighted by Gasteiger charge is -2.14. The highest BCUT2D eigenvalue weighted by molar-refractivity contribution is 5.85. The Labute approximate surface area is 104 Å². The molecule has 16 heavy (non-hydrogen) atoms. The molecular formula is C13H18ClNO. The van der Waals surface area contributed by atoms with Crippen molar-refractivity contribution in [3.8, 4) is 18.1 Å². The number of benzene rings is 1. The third-order valence-electron chi connectivity index (χ3n) is 1.88. The molecule has 0 aliphatic carbocycles. The van der Waals surface area contributed by atoms with Crippen molar-refractivity contribution < 1.29 is 4.74 Å². The van der Waals surface area contributed by atoms with Crippen LogP contribution in [0.15, 0.2) is 24.3 Å². The van der Waals surface area contributed by atoms with Crippen LogP contribution in [0.1, 0.15) is 19.4 Å². The van der Waals surface area contributed by atoms with Crippen LogP contribution in [0.5, 0.6) is 5.75 Å². The fourth-order valence-corrected chi connectivity index (χ4v) is 1.29. The van der Waals surface area contributed by atoms with Crippen molar-refractivity contribution in [1.29, 1.82) is 0 Å². The van der Waals surface area contributed by atoms with Crippen LogP contribution in [-0.2, 0) is 6.54 Å². The Morgan fingerprint density at radius 3 is 2.69 bits per heavy atom. The zero-order chi connectivity index (χ0) is 11.1. The second-order valence-corrected chi connectivity index (χ2v) is 3.58. The van der Waals surface area contributed by atoms with Crippen LogP contribution in [0.2, 0.25) is 0 Å². The van der Waals surface area contributed by atoms with Crippen molar-refractivity contribution in [3.05, 3.63) is 29.8 Å². The van der Waals surface area contributed by atoms with E-state index in [9.17, 15) is 0 Å². The maximum Gasteiger partial charge on any atom is 0.124 e. The lowest BCUT2D eigenvalue weighted by atomic mass is 10.2. The third kappa shape index (κ3) is 5.06. The van der Waals surface area contributed by atoms with Crippen LogP contribution in [-0.4, -0.2) is 12.6 Å². The normalized spacial score (nSPS) is 9.38. The van der Waals surface area contributed by atoms with Gasteiger partial charge >= 0.3 is 0 Å². The average molecular weight is 240 g/mol. The minimum absolute atomic E-state index is 0. The van der Waals surface area contributed by atoms with Crippen LogP contribution in [0.25, 0.3) is 0 Å². The number of para-hydroxylation sites is 1. The van der Waals surface area contributed by atoms with Crippen LogP contribution in [0, 0.1) is 12.3 Å². The predicted molar refractivity (Wildman–Crippen MR) is 70.0 cm³/mol. The Kier molecular flexibility index (Phi) is 7.45. The number of halogens is 1. The van der Waals surface area contributed by atoms with Gasteiger partial charge in [-0.25, -0.2) is 0 Å². The Bertz CT molecular complexity index is 344. The molecule has 1 rings (SSSR count). The van der Waals surface area contributed by atoms with Crippen molar-refractivity contribution in [3.63, 3.8) is 0 Å². The molecule has 0 radical (unpaired) electrons. The molecule has 0 saturated carbocycles. The zero-order valence-corrected chi connectivity index (χ0v) is 10.5. The molecule has 0 aliphatic rings. The van der Waals surface area contributed by atoms with Gasteiger partial charge in [0.25, 0.3) is 0 Å². The molecule has 0 aromatic heterocycles. The quantitative estimate of drug-likeness (QED) is 0.630. The molecule has 0 heterocycles. The summed E-state index contributed by atoms with van der Waals surface area (Å²) in [4.78, 5) is 0.